The van der Waals surface area contributed by atoms with Gasteiger partial charge in [-0.1, -0.05) is 44.3 Å². The predicted octanol–water partition coefficient (Wildman–Crippen LogP) is 3.16. The summed E-state index contributed by atoms with van der Waals surface area (Å²) in [6.07, 6.45) is 4.57. The molecule has 11 heavy (non-hydrogen) atoms. The highest BCUT2D eigenvalue weighted by Crippen LogP contribution is 2.19. The first kappa shape index (κ1) is 12.6. The molecule has 1 saturated heterocycles. The average Bonchev–Trinajstić information content (AvgIpc) is 2.08. The lowest BCUT2D eigenvalue weighted by Crippen LogP contribution is -2.15. The van der Waals surface area contributed by atoms with E-state index in [0.29, 0.717) is 0 Å². The fourth-order valence-electron chi connectivity index (χ4n) is 1.47. The normalized spacial score (nSPS) is 18.1. The molecular weight excluding hydrogens is 207 g/mol. The number of hydrogen-bond donors (Lipinski definition) is 0. The largest absolute Gasteiger partial charge is 0.618 e. The highest BCUT2D eigenvalue weighted by atomic mass is 35.6. The lowest BCUT2D eigenvalue weighted by atomic mass is 10.3. The minimum absolute atomic E-state index is 0.230. The van der Waals surface area contributed by atoms with Gasteiger partial charge in [-0.2, -0.15) is 0 Å². The Balaban J connectivity index is 0.000000292. The standard InChI is InChI=1S/C7H15Si.2ClH.Mg/c1-2-8-6-4-3-5-7-8;;;/h2,8H,3-7H2,1H3;2*1H;/q;;;+2/p-2. The second kappa shape index (κ2) is 9.65. The first-order valence-corrected chi connectivity index (χ1v) is 10.8. The Hall–Kier alpha value is 1.56. The first-order chi connectivity index (χ1) is 5.35. The second-order valence-electron chi connectivity index (χ2n) is 2.83. The Bertz CT molecular complexity index is 76.8. The van der Waals surface area contributed by atoms with Crippen LogP contribution in [0.3, 0.4) is 0 Å². The van der Waals surface area contributed by atoms with Crippen LogP contribution in [0.15, 0.2) is 0 Å². The molecule has 0 nitrogen and oxygen atoms in total. The third-order valence-electron chi connectivity index (χ3n) is 2.12. The van der Waals surface area contributed by atoms with Crippen LogP contribution >= 0.6 is 18.1 Å². The lowest BCUT2D eigenvalue weighted by molar-refractivity contribution is 0.725. The van der Waals surface area contributed by atoms with Crippen LogP contribution in [-0.4, -0.2) is 27.0 Å². The van der Waals surface area contributed by atoms with E-state index in [1.54, 1.807) is 12.1 Å². The third kappa shape index (κ3) is 7.91. The van der Waals surface area contributed by atoms with Gasteiger partial charge in [-0.05, 0) is 0 Å². The van der Waals surface area contributed by atoms with E-state index >= 15 is 0 Å². The lowest BCUT2D eigenvalue weighted by Gasteiger charge is -2.17. The Morgan fingerprint density at radius 2 is 1.64 bits per heavy atom. The molecule has 0 aromatic carbocycles. The zero-order chi connectivity index (χ0) is 8.53. The second-order valence-corrected chi connectivity index (χ2v) is 8.80. The molecule has 1 rings (SSSR count). The topological polar surface area (TPSA) is 0 Å². The molecule has 63 valence electrons. The summed E-state index contributed by atoms with van der Waals surface area (Å²) >= 11 is -0.639. The predicted molar refractivity (Wildman–Crippen MR) is 58.0 cm³/mol. The van der Waals surface area contributed by atoms with E-state index in [-0.39, 0.29) is 8.80 Å². The minimum atomic E-state index is -0.639. The molecular formula is C7H15Cl2MgSi. The van der Waals surface area contributed by atoms with Crippen LogP contribution in [0.1, 0.15) is 26.2 Å². The average molecular weight is 222 g/mol. The molecule has 0 amide bonds. The molecule has 0 saturated carbocycles. The van der Waals surface area contributed by atoms with E-state index in [4.69, 9.17) is 18.1 Å². The Labute approximate surface area is 88.9 Å². The maximum absolute atomic E-state index is 4.90. The van der Waals surface area contributed by atoms with Crippen molar-refractivity contribution in [1.29, 1.82) is 0 Å². The van der Waals surface area contributed by atoms with Gasteiger partial charge in [0.2, 0.25) is 0 Å². The van der Waals surface area contributed by atoms with Gasteiger partial charge in [0.15, 0.2) is 0 Å². The van der Waals surface area contributed by atoms with E-state index in [1.165, 1.54) is 19.3 Å². The van der Waals surface area contributed by atoms with Crippen molar-refractivity contribution in [2.24, 2.45) is 0 Å². The van der Waals surface area contributed by atoms with E-state index in [2.05, 4.69) is 13.0 Å². The molecule has 0 atom stereocenters. The van der Waals surface area contributed by atoms with Gasteiger partial charge in [0.05, 0.1) is 0 Å². The van der Waals surface area contributed by atoms with Crippen LogP contribution < -0.4 is 0 Å². The summed E-state index contributed by atoms with van der Waals surface area (Å²) in [6, 6.07) is 5.69. The van der Waals surface area contributed by atoms with Crippen molar-refractivity contribution in [3.8, 4) is 0 Å². The summed E-state index contributed by atoms with van der Waals surface area (Å²) in [6.45, 7) is 2.25. The summed E-state index contributed by atoms with van der Waals surface area (Å²) in [5, 5.41) is 0. The van der Waals surface area contributed by atoms with Crippen molar-refractivity contribution >= 4 is 45.1 Å². The smallest absolute Gasteiger partial charge is 0.309 e. The van der Waals surface area contributed by atoms with Gasteiger partial charge >= 0.3 is 18.2 Å². The Morgan fingerprint density at radius 3 is 1.91 bits per heavy atom. The van der Waals surface area contributed by atoms with E-state index in [1.807, 2.05) is 0 Å². The number of hydrogen-bond acceptors (Lipinski definition) is 0. The molecule has 0 aliphatic carbocycles. The SMILES string of the molecule is C[CH][SiH]1CCCCC1.[Cl][Mg][Cl]. The van der Waals surface area contributed by atoms with Crippen LogP contribution in [0.5, 0.6) is 0 Å². The fraction of sp³-hybridized carbons (Fsp3) is 0.857. The van der Waals surface area contributed by atoms with E-state index in [0.717, 1.165) is 0 Å². The molecule has 4 heteroatoms. The quantitative estimate of drug-likeness (QED) is 0.598. The summed E-state index contributed by atoms with van der Waals surface area (Å²) in [7, 11) is 9.58. The van der Waals surface area contributed by atoms with Crippen LogP contribution in [0.4, 0.5) is 0 Å². The molecule has 1 aliphatic heterocycles. The summed E-state index contributed by atoms with van der Waals surface area (Å²) in [5.41, 5.74) is 0. The zero-order valence-corrected chi connectivity index (χ0v) is 11.2. The molecule has 0 unspecified atom stereocenters. The van der Waals surface area contributed by atoms with Gasteiger partial charge in [0.25, 0.3) is 0 Å². The van der Waals surface area contributed by atoms with Gasteiger partial charge in [-0.25, -0.2) is 0 Å². The molecule has 1 fully saturated rings. The molecule has 1 heterocycles. The maximum atomic E-state index is 4.90. The highest BCUT2D eigenvalue weighted by Gasteiger charge is 2.11. The van der Waals surface area contributed by atoms with E-state index in [9.17, 15) is 0 Å². The van der Waals surface area contributed by atoms with Crippen LogP contribution in [-0.2, 0) is 0 Å². The van der Waals surface area contributed by atoms with Gasteiger partial charge < -0.3 is 18.1 Å². The van der Waals surface area contributed by atoms with Crippen LogP contribution in [0.25, 0.3) is 0 Å². The molecule has 1 radical (unpaired) electrons. The Kier molecular flexibility index (Phi) is 11.0. The summed E-state index contributed by atoms with van der Waals surface area (Å²) < 4.78 is 0. The fourth-order valence-corrected chi connectivity index (χ4v) is 4.05. The van der Waals surface area contributed by atoms with Gasteiger partial charge in [-0.15, -0.1) is 0 Å². The highest BCUT2D eigenvalue weighted by molar-refractivity contribution is 7.22. The van der Waals surface area contributed by atoms with Crippen molar-refractivity contribution < 1.29 is 0 Å². The number of rotatable bonds is 1. The van der Waals surface area contributed by atoms with Gasteiger partial charge in [0.1, 0.15) is 0 Å². The van der Waals surface area contributed by atoms with Crippen LogP contribution in [0.2, 0.25) is 12.1 Å². The monoisotopic (exact) mass is 221 g/mol. The maximum Gasteiger partial charge on any atom is 0.618 e. The first-order valence-electron chi connectivity index (χ1n) is 4.26. The molecule has 1 aliphatic rings. The van der Waals surface area contributed by atoms with Crippen molar-refractivity contribution in [3.63, 3.8) is 0 Å². The molecule has 0 spiro atoms. The van der Waals surface area contributed by atoms with Crippen LogP contribution in [0, 0.1) is 6.04 Å². The van der Waals surface area contributed by atoms with Crippen molar-refractivity contribution in [2.45, 2.75) is 38.3 Å². The molecule has 0 bridgehead atoms. The third-order valence-corrected chi connectivity index (χ3v) is 5.36. The Morgan fingerprint density at radius 1 is 1.18 bits per heavy atom. The minimum Gasteiger partial charge on any atom is -0.309 e. The van der Waals surface area contributed by atoms with E-state index < -0.39 is 18.2 Å². The number of halogens is 2. The van der Waals surface area contributed by atoms with Crippen molar-refractivity contribution in [2.75, 3.05) is 0 Å². The summed E-state index contributed by atoms with van der Waals surface area (Å²) in [5.74, 6) is 0. The van der Waals surface area contributed by atoms with Gasteiger partial charge in [-0.3, -0.25) is 0 Å². The molecule has 0 aromatic rings. The van der Waals surface area contributed by atoms with Crippen molar-refractivity contribution in [1.82, 2.24) is 0 Å². The van der Waals surface area contributed by atoms with Gasteiger partial charge in [0, 0.05) is 8.80 Å². The summed E-state index contributed by atoms with van der Waals surface area (Å²) in [4.78, 5) is 0. The molecule has 0 aromatic heterocycles. The zero-order valence-electron chi connectivity index (χ0n) is 7.15. The molecule has 0 N–H and O–H groups in total. The van der Waals surface area contributed by atoms with Crippen molar-refractivity contribution in [3.05, 3.63) is 6.04 Å².